The van der Waals surface area contributed by atoms with Gasteiger partial charge in [-0.2, -0.15) is 5.10 Å². The summed E-state index contributed by atoms with van der Waals surface area (Å²) in [4.78, 5) is 0. The smallest absolute Gasteiger partial charge is 0.119 e. The summed E-state index contributed by atoms with van der Waals surface area (Å²) >= 11 is 0. The zero-order valence-corrected chi connectivity index (χ0v) is 4.20. The van der Waals surface area contributed by atoms with E-state index in [2.05, 4.69) is 16.4 Å². The molecule has 0 saturated heterocycles. The minimum atomic E-state index is -0.0183. The Morgan fingerprint density at radius 2 is 2.62 bits per heavy atom. The Hall–Kier alpha value is -0.960. The summed E-state index contributed by atoms with van der Waals surface area (Å²) in [6.07, 6.45) is 4.02. The van der Waals surface area contributed by atoms with E-state index in [-0.39, 0.29) is 6.61 Å². The Morgan fingerprint density at radius 1 is 1.75 bits per heavy atom. The van der Waals surface area contributed by atoms with Gasteiger partial charge in [-0.3, -0.25) is 0 Å². The van der Waals surface area contributed by atoms with Crippen LogP contribution >= 0.6 is 0 Å². The van der Waals surface area contributed by atoms with Gasteiger partial charge in [0.05, 0.1) is 6.61 Å². The lowest BCUT2D eigenvalue weighted by Gasteiger charge is -1.86. The van der Waals surface area contributed by atoms with E-state index < -0.39 is 0 Å². The maximum Gasteiger partial charge on any atom is 0.119 e. The van der Waals surface area contributed by atoms with E-state index in [1.807, 2.05) is 0 Å². The van der Waals surface area contributed by atoms with Gasteiger partial charge in [-0.25, -0.2) is 0 Å². The van der Waals surface area contributed by atoms with Gasteiger partial charge in [0.25, 0.3) is 0 Å². The first-order valence-electron chi connectivity index (χ1n) is 2.22. The second-order valence-electron chi connectivity index (χ2n) is 1.33. The Kier molecular flexibility index (Phi) is 1.54. The van der Waals surface area contributed by atoms with Crippen LogP contribution in [0.1, 0.15) is 5.56 Å². The zero-order chi connectivity index (χ0) is 5.82. The van der Waals surface area contributed by atoms with Crippen molar-refractivity contribution >= 4 is 0 Å². The number of hydrogen-bond acceptors (Lipinski definition) is 3. The molecule has 1 aromatic heterocycles. The van der Waals surface area contributed by atoms with Crippen LogP contribution in [0, 0.1) is 6.20 Å². The number of aromatic nitrogens is 2. The Bertz CT molecular complexity index is 152. The average Bonchev–Trinajstić information content (AvgIpc) is 1.90. The molecule has 0 spiro atoms. The molecule has 8 heavy (non-hydrogen) atoms. The predicted octanol–water partition coefficient (Wildman–Crippen LogP) is -0.231. The van der Waals surface area contributed by atoms with Crippen LogP contribution < -0.4 is 0 Å². The molecule has 1 N–H and O–H groups in total. The van der Waals surface area contributed by atoms with Crippen molar-refractivity contribution in [2.24, 2.45) is 0 Å². The van der Waals surface area contributed by atoms with Crippen molar-refractivity contribution in [2.75, 3.05) is 0 Å². The SMILES string of the molecule is OCc1[c]nncc1. The van der Waals surface area contributed by atoms with E-state index in [1.165, 1.54) is 6.20 Å². The minimum absolute atomic E-state index is 0.0183. The van der Waals surface area contributed by atoms with Gasteiger partial charge in [0.1, 0.15) is 6.20 Å². The molecule has 0 unspecified atom stereocenters. The highest BCUT2D eigenvalue weighted by Gasteiger charge is 1.84. The number of rotatable bonds is 1. The van der Waals surface area contributed by atoms with Crippen molar-refractivity contribution in [2.45, 2.75) is 6.61 Å². The third-order valence-electron chi connectivity index (χ3n) is 0.764. The van der Waals surface area contributed by atoms with Gasteiger partial charge < -0.3 is 5.11 Å². The Morgan fingerprint density at radius 3 is 3.00 bits per heavy atom. The van der Waals surface area contributed by atoms with Crippen LogP contribution in [0.2, 0.25) is 0 Å². The highest BCUT2D eigenvalue weighted by molar-refractivity contribution is 5.00. The zero-order valence-electron chi connectivity index (χ0n) is 4.20. The Balaban J connectivity index is 2.83. The third-order valence-corrected chi connectivity index (χ3v) is 0.764. The highest BCUT2D eigenvalue weighted by atomic mass is 16.3. The lowest BCUT2D eigenvalue weighted by Crippen LogP contribution is -1.85. The van der Waals surface area contributed by atoms with E-state index in [1.54, 1.807) is 6.07 Å². The van der Waals surface area contributed by atoms with E-state index >= 15 is 0 Å². The van der Waals surface area contributed by atoms with Gasteiger partial charge in [0.2, 0.25) is 0 Å². The van der Waals surface area contributed by atoms with E-state index in [0.29, 0.717) is 5.56 Å². The van der Waals surface area contributed by atoms with E-state index in [9.17, 15) is 0 Å². The molecular formula is C5H5N2O. The normalized spacial score (nSPS) is 9.12. The molecule has 3 nitrogen and oxygen atoms in total. The fourth-order valence-electron chi connectivity index (χ4n) is 0.375. The molecule has 41 valence electrons. The second kappa shape index (κ2) is 2.37. The lowest BCUT2D eigenvalue weighted by atomic mass is 10.3. The van der Waals surface area contributed by atoms with Gasteiger partial charge in [0, 0.05) is 11.8 Å². The molecule has 0 amide bonds. The quantitative estimate of drug-likeness (QED) is 0.541. The molecule has 0 aliphatic carbocycles. The molecule has 0 bridgehead atoms. The molecule has 1 aromatic rings. The van der Waals surface area contributed by atoms with Gasteiger partial charge in [-0.15, -0.1) is 5.10 Å². The summed E-state index contributed by atoms with van der Waals surface area (Å²) in [5, 5.41) is 15.3. The second-order valence-corrected chi connectivity index (χ2v) is 1.33. The summed E-state index contributed by atoms with van der Waals surface area (Å²) in [6.45, 7) is -0.0183. The lowest BCUT2D eigenvalue weighted by molar-refractivity contribution is 0.281. The molecular weight excluding hydrogens is 104 g/mol. The average molecular weight is 109 g/mol. The van der Waals surface area contributed by atoms with E-state index in [0.717, 1.165) is 0 Å². The number of nitrogens with zero attached hydrogens (tertiary/aromatic N) is 2. The van der Waals surface area contributed by atoms with Crippen LogP contribution in [0.15, 0.2) is 12.3 Å². The maximum absolute atomic E-state index is 8.44. The van der Waals surface area contributed by atoms with Crippen molar-refractivity contribution in [1.29, 1.82) is 0 Å². The molecule has 0 saturated carbocycles. The summed E-state index contributed by atoms with van der Waals surface area (Å²) < 4.78 is 0. The molecule has 0 atom stereocenters. The van der Waals surface area contributed by atoms with Crippen molar-refractivity contribution < 1.29 is 5.11 Å². The molecule has 1 radical (unpaired) electrons. The monoisotopic (exact) mass is 109 g/mol. The minimum Gasteiger partial charge on any atom is -0.392 e. The Labute approximate surface area is 47.0 Å². The number of hydrogen-bond donors (Lipinski definition) is 1. The first-order valence-corrected chi connectivity index (χ1v) is 2.22. The fourth-order valence-corrected chi connectivity index (χ4v) is 0.375. The largest absolute Gasteiger partial charge is 0.392 e. The maximum atomic E-state index is 8.44. The molecule has 1 heterocycles. The van der Waals surface area contributed by atoms with Crippen molar-refractivity contribution in [1.82, 2.24) is 10.2 Å². The van der Waals surface area contributed by atoms with Crippen molar-refractivity contribution in [3.05, 3.63) is 24.0 Å². The summed E-state index contributed by atoms with van der Waals surface area (Å²) in [5.41, 5.74) is 0.667. The summed E-state index contributed by atoms with van der Waals surface area (Å²) in [7, 11) is 0. The molecule has 0 aliphatic heterocycles. The topological polar surface area (TPSA) is 46.0 Å². The van der Waals surface area contributed by atoms with Gasteiger partial charge in [0.15, 0.2) is 0 Å². The van der Waals surface area contributed by atoms with E-state index in [4.69, 9.17) is 5.11 Å². The predicted molar refractivity (Wildman–Crippen MR) is 26.8 cm³/mol. The van der Waals surface area contributed by atoms with Gasteiger partial charge in [-0.1, -0.05) is 0 Å². The molecule has 0 fully saturated rings. The molecule has 1 rings (SSSR count). The summed E-state index contributed by atoms with van der Waals surface area (Å²) in [6, 6.07) is 1.66. The standard InChI is InChI=1S/C5H5N2O/c8-4-5-1-2-6-7-3-5/h1-2,8H,4H2. The third kappa shape index (κ3) is 1.01. The van der Waals surface area contributed by atoms with Crippen molar-refractivity contribution in [3.8, 4) is 0 Å². The van der Waals surface area contributed by atoms with Crippen LogP contribution in [0.3, 0.4) is 0 Å². The van der Waals surface area contributed by atoms with Crippen LogP contribution in [0.25, 0.3) is 0 Å². The number of aliphatic hydroxyl groups is 1. The number of aliphatic hydroxyl groups excluding tert-OH is 1. The molecule has 0 aliphatic rings. The van der Waals surface area contributed by atoms with Gasteiger partial charge in [-0.05, 0) is 6.07 Å². The first kappa shape index (κ1) is 5.18. The van der Waals surface area contributed by atoms with Crippen LogP contribution in [-0.4, -0.2) is 15.3 Å². The van der Waals surface area contributed by atoms with Crippen molar-refractivity contribution in [3.63, 3.8) is 0 Å². The van der Waals surface area contributed by atoms with Crippen LogP contribution in [0.5, 0.6) is 0 Å². The highest BCUT2D eigenvalue weighted by Crippen LogP contribution is 1.88. The van der Waals surface area contributed by atoms with Crippen LogP contribution in [0.4, 0.5) is 0 Å². The molecule has 0 aromatic carbocycles. The first-order chi connectivity index (χ1) is 3.93. The van der Waals surface area contributed by atoms with Gasteiger partial charge >= 0.3 is 0 Å². The van der Waals surface area contributed by atoms with Crippen LogP contribution in [-0.2, 0) is 6.61 Å². The fraction of sp³-hybridized carbons (Fsp3) is 0.200. The summed E-state index contributed by atoms with van der Waals surface area (Å²) in [5.74, 6) is 0. The molecule has 3 heteroatoms.